The van der Waals surface area contributed by atoms with Crippen LogP contribution in [0.15, 0.2) is 29.3 Å². The third-order valence-electron chi connectivity index (χ3n) is 4.67. The van der Waals surface area contributed by atoms with Gasteiger partial charge in [0.05, 0.1) is 26.4 Å². The Balaban J connectivity index is 1.57. The van der Waals surface area contributed by atoms with Gasteiger partial charge < -0.3 is 25.0 Å². The van der Waals surface area contributed by atoms with Gasteiger partial charge in [-0.2, -0.15) is 0 Å². The first-order chi connectivity index (χ1) is 13.7. The molecule has 0 unspecified atom stereocenters. The number of ether oxygens (including phenoxy) is 2. The lowest BCUT2D eigenvalue weighted by atomic mass is 10.00. The van der Waals surface area contributed by atoms with Crippen LogP contribution in [0.1, 0.15) is 30.9 Å². The first-order valence-electron chi connectivity index (χ1n) is 10.2. The first kappa shape index (κ1) is 22.2. The second kappa shape index (κ2) is 13.1. The molecule has 156 valence electrons. The molecule has 0 aliphatic carbocycles. The molecule has 1 aliphatic heterocycles. The minimum absolute atomic E-state index is 0.0814. The summed E-state index contributed by atoms with van der Waals surface area (Å²) >= 11 is 0. The molecule has 0 atom stereocenters. The summed E-state index contributed by atoms with van der Waals surface area (Å²) in [4.78, 5) is 18.5. The maximum Gasteiger partial charge on any atom is 0.242 e. The topological polar surface area (TPSA) is 75.2 Å². The predicted octanol–water partition coefficient (Wildman–Crippen LogP) is 1.57. The Morgan fingerprint density at radius 3 is 2.61 bits per heavy atom. The van der Waals surface area contributed by atoms with E-state index in [1.165, 1.54) is 11.1 Å². The van der Waals surface area contributed by atoms with Crippen LogP contribution in [-0.2, 0) is 27.2 Å². The molecular formula is C21H34N4O3. The molecule has 0 fully saturated rings. The van der Waals surface area contributed by atoms with E-state index >= 15 is 0 Å². The van der Waals surface area contributed by atoms with E-state index in [1.807, 2.05) is 11.0 Å². The van der Waals surface area contributed by atoms with Gasteiger partial charge in [-0.3, -0.25) is 9.79 Å². The van der Waals surface area contributed by atoms with Gasteiger partial charge in [0.15, 0.2) is 5.96 Å². The van der Waals surface area contributed by atoms with E-state index in [4.69, 9.17) is 9.47 Å². The van der Waals surface area contributed by atoms with Crippen molar-refractivity contribution in [1.29, 1.82) is 0 Å². The van der Waals surface area contributed by atoms with E-state index in [9.17, 15) is 4.79 Å². The van der Waals surface area contributed by atoms with Crippen LogP contribution in [0.2, 0.25) is 0 Å². The third kappa shape index (κ3) is 7.86. The van der Waals surface area contributed by atoms with Crippen LogP contribution in [0.5, 0.6) is 0 Å². The highest BCUT2D eigenvalue weighted by Gasteiger charge is 2.20. The molecule has 28 heavy (non-hydrogen) atoms. The van der Waals surface area contributed by atoms with Crippen molar-refractivity contribution in [3.05, 3.63) is 35.4 Å². The Kier molecular flexibility index (Phi) is 10.4. The number of unbranched alkanes of at least 4 members (excludes halogenated alkanes) is 1. The molecule has 0 radical (unpaired) electrons. The Morgan fingerprint density at radius 2 is 1.86 bits per heavy atom. The lowest BCUT2D eigenvalue weighted by Crippen LogP contribution is -2.46. The summed E-state index contributed by atoms with van der Waals surface area (Å²) in [5.74, 6) is 0.687. The highest BCUT2D eigenvalue weighted by molar-refractivity contribution is 5.86. The molecule has 7 nitrogen and oxygen atoms in total. The minimum Gasteiger partial charge on any atom is -0.379 e. The number of rotatable bonds is 11. The molecule has 1 heterocycles. The number of amides is 1. The quantitative estimate of drug-likeness (QED) is 0.341. The molecule has 2 N–H and O–H groups in total. The van der Waals surface area contributed by atoms with Crippen molar-refractivity contribution in [2.45, 2.75) is 32.7 Å². The number of guanidine groups is 1. The number of carbonyl (C=O) groups is 1. The lowest BCUT2D eigenvalue weighted by molar-refractivity contribution is -0.130. The van der Waals surface area contributed by atoms with Crippen molar-refractivity contribution in [1.82, 2.24) is 15.5 Å². The zero-order valence-corrected chi connectivity index (χ0v) is 17.2. The molecule has 1 aromatic rings. The van der Waals surface area contributed by atoms with Crippen LogP contribution in [0, 0.1) is 0 Å². The van der Waals surface area contributed by atoms with Crippen LogP contribution in [0.3, 0.4) is 0 Å². The van der Waals surface area contributed by atoms with Gasteiger partial charge in [-0.15, -0.1) is 0 Å². The van der Waals surface area contributed by atoms with E-state index in [2.05, 4.69) is 40.7 Å². The van der Waals surface area contributed by atoms with Gasteiger partial charge in [-0.05, 0) is 24.0 Å². The molecule has 1 amide bonds. The van der Waals surface area contributed by atoms with Crippen LogP contribution in [0.4, 0.5) is 0 Å². The Bertz CT molecular complexity index is 621. The minimum atomic E-state index is 0.0814. The zero-order chi connectivity index (χ0) is 20.0. The van der Waals surface area contributed by atoms with Crippen LogP contribution >= 0.6 is 0 Å². The number of carbonyl (C=O) groups excluding carboxylic acids is 1. The maximum atomic E-state index is 12.5. The van der Waals surface area contributed by atoms with Gasteiger partial charge in [0.25, 0.3) is 0 Å². The first-order valence-corrected chi connectivity index (χ1v) is 10.2. The molecule has 0 aromatic heterocycles. The van der Waals surface area contributed by atoms with Gasteiger partial charge in [0.1, 0.15) is 0 Å². The smallest absolute Gasteiger partial charge is 0.242 e. The van der Waals surface area contributed by atoms with Crippen LogP contribution < -0.4 is 10.6 Å². The van der Waals surface area contributed by atoms with Gasteiger partial charge in [-0.25, -0.2) is 0 Å². The predicted molar refractivity (Wildman–Crippen MR) is 111 cm³/mol. The molecule has 7 heteroatoms. The fourth-order valence-corrected chi connectivity index (χ4v) is 3.01. The highest BCUT2D eigenvalue weighted by Crippen LogP contribution is 2.18. The number of benzene rings is 1. The summed E-state index contributed by atoms with van der Waals surface area (Å²) in [5.41, 5.74) is 2.58. The van der Waals surface area contributed by atoms with Gasteiger partial charge in [0, 0.05) is 33.3 Å². The molecule has 0 saturated carbocycles. The SMILES string of the molecule is CCCCOCCOCCNC(=NC)NCC(=O)N1CCc2ccccc2C1. The fraction of sp³-hybridized carbons (Fsp3) is 0.619. The van der Waals surface area contributed by atoms with Gasteiger partial charge >= 0.3 is 0 Å². The average molecular weight is 391 g/mol. The average Bonchev–Trinajstić information content (AvgIpc) is 2.74. The fourth-order valence-electron chi connectivity index (χ4n) is 3.01. The molecule has 0 bridgehead atoms. The summed E-state index contributed by atoms with van der Waals surface area (Å²) in [6.07, 6.45) is 3.14. The molecular weight excluding hydrogens is 356 g/mol. The second-order valence-corrected chi connectivity index (χ2v) is 6.76. The number of hydrogen-bond donors (Lipinski definition) is 2. The molecule has 2 rings (SSSR count). The van der Waals surface area contributed by atoms with Crippen molar-refractivity contribution in [3.63, 3.8) is 0 Å². The molecule has 1 aliphatic rings. The van der Waals surface area contributed by atoms with Gasteiger partial charge in [0.2, 0.25) is 5.91 Å². The summed E-state index contributed by atoms with van der Waals surface area (Å²) < 4.78 is 11.0. The molecule has 1 aromatic carbocycles. The second-order valence-electron chi connectivity index (χ2n) is 6.76. The Labute approximate surface area is 168 Å². The number of aliphatic imine (C=N–C) groups is 1. The van der Waals surface area contributed by atoms with Crippen molar-refractivity contribution in [2.75, 3.05) is 53.1 Å². The van der Waals surface area contributed by atoms with Crippen molar-refractivity contribution in [3.8, 4) is 0 Å². The van der Waals surface area contributed by atoms with Gasteiger partial charge in [-0.1, -0.05) is 37.6 Å². The normalized spacial score (nSPS) is 13.9. The molecule has 0 spiro atoms. The van der Waals surface area contributed by atoms with Crippen LogP contribution in [-0.4, -0.2) is 69.9 Å². The Hall–Kier alpha value is -2.12. The van der Waals surface area contributed by atoms with E-state index in [0.717, 1.165) is 32.4 Å². The summed E-state index contributed by atoms with van der Waals surface area (Å²) in [6.45, 7) is 7.01. The highest BCUT2D eigenvalue weighted by atomic mass is 16.5. The van der Waals surface area contributed by atoms with Crippen LogP contribution in [0.25, 0.3) is 0 Å². The van der Waals surface area contributed by atoms with E-state index < -0.39 is 0 Å². The number of hydrogen-bond acceptors (Lipinski definition) is 4. The summed E-state index contributed by atoms with van der Waals surface area (Å²) in [5, 5.41) is 6.24. The summed E-state index contributed by atoms with van der Waals surface area (Å²) in [6, 6.07) is 8.31. The monoisotopic (exact) mass is 390 g/mol. The molecule has 0 saturated heterocycles. The third-order valence-corrected chi connectivity index (χ3v) is 4.67. The van der Waals surface area contributed by atoms with Crippen molar-refractivity contribution in [2.24, 2.45) is 4.99 Å². The number of nitrogens with zero attached hydrogens (tertiary/aromatic N) is 2. The van der Waals surface area contributed by atoms with Crippen molar-refractivity contribution < 1.29 is 14.3 Å². The summed E-state index contributed by atoms with van der Waals surface area (Å²) in [7, 11) is 1.69. The van der Waals surface area contributed by atoms with E-state index in [-0.39, 0.29) is 12.5 Å². The van der Waals surface area contributed by atoms with Crippen molar-refractivity contribution >= 4 is 11.9 Å². The number of nitrogens with one attached hydrogen (secondary N) is 2. The largest absolute Gasteiger partial charge is 0.379 e. The van der Waals surface area contributed by atoms with E-state index in [1.54, 1.807) is 7.05 Å². The number of fused-ring (bicyclic) bond motifs is 1. The Morgan fingerprint density at radius 1 is 1.11 bits per heavy atom. The maximum absolute atomic E-state index is 12.5. The standard InChI is InChI=1S/C21H34N4O3/c1-3-4-12-27-14-15-28-13-10-23-21(22-2)24-16-20(26)25-11-9-18-7-5-6-8-19(18)17-25/h5-8H,3-4,9-17H2,1-2H3,(H2,22,23,24). The van der Waals surface area contributed by atoms with E-state index in [0.29, 0.717) is 38.9 Å². The lowest BCUT2D eigenvalue weighted by Gasteiger charge is -2.29. The zero-order valence-electron chi connectivity index (χ0n) is 17.2.